The van der Waals surface area contributed by atoms with Crippen molar-refractivity contribution in [2.45, 2.75) is 40.2 Å². The normalized spacial score (nSPS) is 11.1. The predicted octanol–water partition coefficient (Wildman–Crippen LogP) is 2.35. The first-order chi connectivity index (χ1) is 11.1. The number of nitrogens with one attached hydrogen (secondary N) is 2. The Hall–Kier alpha value is -1.93. The second kappa shape index (κ2) is 8.25. The molecular weight excluding hydrogens is 332 g/mol. The average molecular weight is 356 g/mol. The van der Waals surface area contributed by atoms with Gasteiger partial charge in [0.15, 0.2) is 0 Å². The van der Waals surface area contributed by atoms with Crippen LogP contribution in [0, 0.1) is 6.92 Å². The largest absolute Gasteiger partial charge is 0.465 e. The molecule has 134 valence electrons. The third kappa shape index (κ3) is 5.31. The lowest BCUT2D eigenvalue weighted by Gasteiger charge is -2.19. The molecule has 0 radical (unpaired) electrons. The average Bonchev–Trinajstić information content (AvgIpc) is 2.80. The number of amides is 1. The van der Waals surface area contributed by atoms with Crippen LogP contribution >= 0.6 is 11.3 Å². The highest BCUT2D eigenvalue weighted by Gasteiger charge is 2.27. The number of carbonyl (C=O) groups excluding carboxylic acids is 3. The van der Waals surface area contributed by atoms with Crippen LogP contribution in [0.5, 0.6) is 0 Å². The third-order valence-electron chi connectivity index (χ3n) is 3.03. The van der Waals surface area contributed by atoms with E-state index in [1.165, 1.54) is 7.11 Å². The number of rotatable bonds is 6. The van der Waals surface area contributed by atoms with Crippen molar-refractivity contribution in [3.63, 3.8) is 0 Å². The van der Waals surface area contributed by atoms with Crippen molar-refractivity contribution in [3.8, 4) is 0 Å². The Balaban J connectivity index is 3.09. The number of methoxy groups -OCH3 is 1. The molecule has 0 atom stereocenters. The molecule has 8 heteroatoms. The second-order valence-electron chi connectivity index (χ2n) is 6.12. The summed E-state index contributed by atoms with van der Waals surface area (Å²) in [6.07, 6.45) is 0. The van der Waals surface area contributed by atoms with Gasteiger partial charge in [-0.2, -0.15) is 0 Å². The molecule has 0 aliphatic rings. The van der Waals surface area contributed by atoms with Crippen molar-refractivity contribution >= 4 is 34.2 Å². The van der Waals surface area contributed by atoms with Crippen molar-refractivity contribution in [1.82, 2.24) is 5.32 Å². The van der Waals surface area contributed by atoms with Crippen LogP contribution in [0.25, 0.3) is 0 Å². The van der Waals surface area contributed by atoms with E-state index in [4.69, 9.17) is 9.47 Å². The number of ether oxygens (including phenoxy) is 2. The number of thiophene rings is 1. The van der Waals surface area contributed by atoms with Gasteiger partial charge in [-0.05, 0) is 40.2 Å². The summed E-state index contributed by atoms with van der Waals surface area (Å²) in [6, 6.07) is 0. The molecule has 2 N–H and O–H groups in total. The molecule has 24 heavy (non-hydrogen) atoms. The zero-order valence-corrected chi connectivity index (χ0v) is 15.7. The molecule has 1 aromatic rings. The SMILES string of the molecule is CCOC(=O)c1c(NC(=O)CNC(C)(C)C)sc(C(=O)OC)c1C. The van der Waals surface area contributed by atoms with Gasteiger partial charge in [-0.25, -0.2) is 9.59 Å². The predicted molar refractivity (Wildman–Crippen MR) is 92.7 cm³/mol. The van der Waals surface area contributed by atoms with Crippen LogP contribution in [-0.2, 0) is 14.3 Å². The monoisotopic (exact) mass is 356 g/mol. The quantitative estimate of drug-likeness (QED) is 0.760. The first-order valence-electron chi connectivity index (χ1n) is 7.54. The van der Waals surface area contributed by atoms with Crippen LogP contribution < -0.4 is 10.6 Å². The Bertz CT molecular complexity index is 631. The molecule has 1 amide bonds. The zero-order chi connectivity index (χ0) is 18.5. The highest BCUT2D eigenvalue weighted by molar-refractivity contribution is 7.18. The van der Waals surface area contributed by atoms with E-state index in [1.807, 2.05) is 20.8 Å². The molecule has 0 aliphatic carbocycles. The summed E-state index contributed by atoms with van der Waals surface area (Å²) in [5.74, 6) is -1.45. The van der Waals surface area contributed by atoms with E-state index >= 15 is 0 Å². The van der Waals surface area contributed by atoms with E-state index in [9.17, 15) is 14.4 Å². The van der Waals surface area contributed by atoms with Gasteiger partial charge in [0.2, 0.25) is 5.91 Å². The molecule has 1 heterocycles. The standard InChI is InChI=1S/C16H24N2O5S/c1-7-23-14(20)11-9(2)12(15(21)22-6)24-13(11)18-10(19)8-17-16(3,4)5/h17H,7-8H2,1-6H3,(H,18,19). The highest BCUT2D eigenvalue weighted by atomic mass is 32.1. The summed E-state index contributed by atoms with van der Waals surface area (Å²) in [6.45, 7) is 9.40. The Kier molecular flexibility index (Phi) is 6.92. The number of esters is 2. The van der Waals surface area contributed by atoms with Crippen LogP contribution in [0.2, 0.25) is 0 Å². The summed E-state index contributed by atoms with van der Waals surface area (Å²) in [4.78, 5) is 36.4. The lowest BCUT2D eigenvalue weighted by molar-refractivity contribution is -0.115. The minimum Gasteiger partial charge on any atom is -0.465 e. The Morgan fingerprint density at radius 1 is 1.17 bits per heavy atom. The minimum atomic E-state index is -0.583. The molecule has 0 spiro atoms. The van der Waals surface area contributed by atoms with Crippen molar-refractivity contribution in [1.29, 1.82) is 0 Å². The van der Waals surface area contributed by atoms with Gasteiger partial charge in [0.1, 0.15) is 9.88 Å². The number of carbonyl (C=O) groups is 3. The molecule has 0 unspecified atom stereocenters. The lowest BCUT2D eigenvalue weighted by atomic mass is 10.1. The van der Waals surface area contributed by atoms with Gasteiger partial charge in [-0.3, -0.25) is 4.79 Å². The molecule has 0 bridgehead atoms. The van der Waals surface area contributed by atoms with Crippen LogP contribution in [0.3, 0.4) is 0 Å². The van der Waals surface area contributed by atoms with Gasteiger partial charge in [-0.1, -0.05) is 0 Å². The van der Waals surface area contributed by atoms with Crippen molar-refractivity contribution in [2.24, 2.45) is 0 Å². The van der Waals surface area contributed by atoms with E-state index in [-0.39, 0.29) is 40.0 Å². The molecule has 0 saturated carbocycles. The fourth-order valence-corrected chi connectivity index (χ4v) is 2.98. The fraction of sp³-hybridized carbons (Fsp3) is 0.562. The summed E-state index contributed by atoms with van der Waals surface area (Å²) in [5.41, 5.74) is 0.403. The molecule has 0 saturated heterocycles. The number of hydrogen-bond donors (Lipinski definition) is 2. The molecule has 1 rings (SSSR count). The van der Waals surface area contributed by atoms with Crippen LogP contribution in [0.1, 0.15) is 53.3 Å². The Labute approximate surface area is 145 Å². The molecule has 7 nitrogen and oxygen atoms in total. The maximum atomic E-state index is 12.2. The second-order valence-corrected chi connectivity index (χ2v) is 7.14. The summed E-state index contributed by atoms with van der Waals surface area (Å²) in [5, 5.41) is 6.01. The first kappa shape index (κ1) is 20.1. The van der Waals surface area contributed by atoms with Crippen LogP contribution in [0.4, 0.5) is 5.00 Å². The van der Waals surface area contributed by atoms with Gasteiger partial charge in [-0.15, -0.1) is 11.3 Å². The molecule has 0 fully saturated rings. The molecule has 0 aromatic carbocycles. The third-order valence-corrected chi connectivity index (χ3v) is 4.22. The van der Waals surface area contributed by atoms with Gasteiger partial charge in [0, 0.05) is 5.54 Å². The first-order valence-corrected chi connectivity index (χ1v) is 8.36. The topological polar surface area (TPSA) is 93.7 Å². The van der Waals surface area contributed by atoms with E-state index in [0.29, 0.717) is 5.56 Å². The van der Waals surface area contributed by atoms with Crippen molar-refractivity contribution in [2.75, 3.05) is 25.6 Å². The molecule has 0 aliphatic heterocycles. The summed E-state index contributed by atoms with van der Waals surface area (Å²) >= 11 is 1.000. The number of anilines is 1. The fourth-order valence-electron chi connectivity index (χ4n) is 1.85. The van der Waals surface area contributed by atoms with Crippen LogP contribution in [-0.4, -0.2) is 43.6 Å². The van der Waals surface area contributed by atoms with E-state index < -0.39 is 11.9 Å². The Morgan fingerprint density at radius 2 is 1.79 bits per heavy atom. The summed E-state index contributed by atoms with van der Waals surface area (Å²) < 4.78 is 9.74. The van der Waals surface area contributed by atoms with Crippen molar-refractivity contribution in [3.05, 3.63) is 16.0 Å². The Morgan fingerprint density at radius 3 is 2.29 bits per heavy atom. The van der Waals surface area contributed by atoms with Gasteiger partial charge in [0.05, 0.1) is 25.8 Å². The molecular formula is C16H24N2O5S. The van der Waals surface area contributed by atoms with Gasteiger partial charge in [0.25, 0.3) is 0 Å². The highest BCUT2D eigenvalue weighted by Crippen LogP contribution is 2.34. The van der Waals surface area contributed by atoms with Crippen LogP contribution in [0.15, 0.2) is 0 Å². The smallest absolute Gasteiger partial charge is 0.348 e. The molecule has 1 aromatic heterocycles. The maximum Gasteiger partial charge on any atom is 0.348 e. The van der Waals surface area contributed by atoms with Gasteiger partial charge >= 0.3 is 11.9 Å². The minimum absolute atomic E-state index is 0.0796. The van der Waals surface area contributed by atoms with E-state index in [0.717, 1.165) is 11.3 Å². The van der Waals surface area contributed by atoms with E-state index in [2.05, 4.69) is 10.6 Å². The van der Waals surface area contributed by atoms with Gasteiger partial charge < -0.3 is 20.1 Å². The zero-order valence-electron chi connectivity index (χ0n) is 14.9. The maximum absolute atomic E-state index is 12.2. The number of hydrogen-bond acceptors (Lipinski definition) is 7. The van der Waals surface area contributed by atoms with E-state index in [1.54, 1.807) is 13.8 Å². The lowest BCUT2D eigenvalue weighted by Crippen LogP contribution is -2.41. The van der Waals surface area contributed by atoms with Crippen molar-refractivity contribution < 1.29 is 23.9 Å². The summed E-state index contributed by atoms with van der Waals surface area (Å²) in [7, 11) is 1.26.